The topological polar surface area (TPSA) is 63.2 Å². The molecule has 1 fully saturated rings. The SMILES string of the molecule is COC(=O)[C@H]1O[C@H]2CCCO[C@@H]2C=C[C@@H]1Oc1ccc(OC)cc1. The molecule has 130 valence electrons. The summed E-state index contributed by atoms with van der Waals surface area (Å²) < 4.78 is 27.7. The zero-order valence-electron chi connectivity index (χ0n) is 13.8. The van der Waals surface area contributed by atoms with Crippen LogP contribution in [0.5, 0.6) is 11.5 Å². The molecule has 2 aliphatic rings. The Balaban J connectivity index is 1.79. The maximum absolute atomic E-state index is 12.2. The Morgan fingerprint density at radius 1 is 1.12 bits per heavy atom. The van der Waals surface area contributed by atoms with E-state index < -0.39 is 18.2 Å². The summed E-state index contributed by atoms with van der Waals surface area (Å²) >= 11 is 0. The van der Waals surface area contributed by atoms with Crippen LogP contribution < -0.4 is 9.47 Å². The lowest BCUT2D eigenvalue weighted by Gasteiger charge is -2.31. The van der Waals surface area contributed by atoms with Crippen LogP contribution in [0.25, 0.3) is 0 Å². The van der Waals surface area contributed by atoms with Crippen molar-refractivity contribution in [1.82, 2.24) is 0 Å². The average Bonchev–Trinajstić information content (AvgIpc) is 2.81. The first-order valence-corrected chi connectivity index (χ1v) is 8.05. The van der Waals surface area contributed by atoms with Crippen LogP contribution in [0.2, 0.25) is 0 Å². The number of ether oxygens (including phenoxy) is 5. The number of fused-ring (bicyclic) bond motifs is 1. The van der Waals surface area contributed by atoms with E-state index in [2.05, 4.69) is 0 Å². The normalized spacial score (nSPS) is 29.2. The minimum atomic E-state index is -0.829. The van der Waals surface area contributed by atoms with E-state index in [4.69, 9.17) is 23.7 Å². The smallest absolute Gasteiger partial charge is 0.339 e. The van der Waals surface area contributed by atoms with Crippen LogP contribution in [-0.4, -0.2) is 51.2 Å². The van der Waals surface area contributed by atoms with Crippen LogP contribution >= 0.6 is 0 Å². The maximum atomic E-state index is 12.2. The number of hydrogen-bond donors (Lipinski definition) is 0. The fourth-order valence-corrected chi connectivity index (χ4v) is 2.90. The fourth-order valence-electron chi connectivity index (χ4n) is 2.90. The lowest BCUT2D eigenvalue weighted by molar-refractivity contribution is -0.173. The van der Waals surface area contributed by atoms with Gasteiger partial charge in [-0.05, 0) is 43.2 Å². The molecular weight excluding hydrogens is 312 g/mol. The predicted octanol–water partition coefficient (Wildman–Crippen LogP) is 2.12. The molecule has 6 nitrogen and oxygen atoms in total. The van der Waals surface area contributed by atoms with Gasteiger partial charge >= 0.3 is 5.97 Å². The van der Waals surface area contributed by atoms with Gasteiger partial charge in [-0.3, -0.25) is 0 Å². The molecule has 2 aliphatic heterocycles. The van der Waals surface area contributed by atoms with Gasteiger partial charge in [0.25, 0.3) is 0 Å². The molecule has 0 saturated carbocycles. The predicted molar refractivity (Wildman–Crippen MR) is 86.2 cm³/mol. The number of carbonyl (C=O) groups is 1. The summed E-state index contributed by atoms with van der Waals surface area (Å²) in [4.78, 5) is 12.2. The summed E-state index contributed by atoms with van der Waals surface area (Å²) in [6.07, 6.45) is 3.76. The van der Waals surface area contributed by atoms with Gasteiger partial charge in [0, 0.05) is 6.61 Å². The van der Waals surface area contributed by atoms with E-state index in [1.807, 2.05) is 12.2 Å². The number of carbonyl (C=O) groups excluding carboxylic acids is 1. The Bertz CT molecular complexity index is 582. The highest BCUT2D eigenvalue weighted by molar-refractivity contribution is 5.76. The highest BCUT2D eigenvalue weighted by Gasteiger charge is 2.39. The van der Waals surface area contributed by atoms with Crippen LogP contribution in [0.4, 0.5) is 0 Å². The second kappa shape index (κ2) is 7.68. The Kier molecular flexibility index (Phi) is 5.37. The van der Waals surface area contributed by atoms with Gasteiger partial charge in [0.2, 0.25) is 0 Å². The van der Waals surface area contributed by atoms with Crippen molar-refractivity contribution < 1.29 is 28.5 Å². The Morgan fingerprint density at radius 3 is 2.58 bits per heavy atom. The maximum Gasteiger partial charge on any atom is 0.339 e. The highest BCUT2D eigenvalue weighted by Crippen LogP contribution is 2.27. The monoisotopic (exact) mass is 334 g/mol. The first kappa shape index (κ1) is 16.8. The van der Waals surface area contributed by atoms with E-state index in [-0.39, 0.29) is 12.2 Å². The summed E-state index contributed by atoms with van der Waals surface area (Å²) in [5, 5.41) is 0. The molecule has 0 amide bonds. The summed E-state index contributed by atoms with van der Waals surface area (Å²) in [5.74, 6) is 0.900. The molecule has 0 N–H and O–H groups in total. The van der Waals surface area contributed by atoms with Gasteiger partial charge in [0.1, 0.15) is 17.6 Å². The van der Waals surface area contributed by atoms with Crippen LogP contribution in [0.3, 0.4) is 0 Å². The summed E-state index contributed by atoms with van der Waals surface area (Å²) in [6.45, 7) is 0.696. The number of methoxy groups -OCH3 is 2. The Hall–Kier alpha value is -2.05. The second-order valence-corrected chi connectivity index (χ2v) is 5.74. The minimum absolute atomic E-state index is 0.157. The van der Waals surface area contributed by atoms with E-state index in [1.165, 1.54) is 7.11 Å². The van der Waals surface area contributed by atoms with Gasteiger partial charge in [-0.15, -0.1) is 0 Å². The third-order valence-electron chi connectivity index (χ3n) is 4.19. The molecule has 0 radical (unpaired) electrons. The zero-order valence-corrected chi connectivity index (χ0v) is 13.8. The first-order valence-electron chi connectivity index (χ1n) is 8.05. The van der Waals surface area contributed by atoms with Crippen molar-refractivity contribution >= 4 is 5.97 Å². The largest absolute Gasteiger partial charge is 0.497 e. The van der Waals surface area contributed by atoms with E-state index in [1.54, 1.807) is 31.4 Å². The van der Waals surface area contributed by atoms with Crippen LogP contribution in [-0.2, 0) is 19.0 Å². The molecule has 4 atom stereocenters. The van der Waals surface area contributed by atoms with Gasteiger partial charge in [0.15, 0.2) is 12.2 Å². The quantitative estimate of drug-likeness (QED) is 0.621. The lowest BCUT2D eigenvalue weighted by atomic mass is 10.1. The van der Waals surface area contributed by atoms with Crippen molar-refractivity contribution in [2.24, 2.45) is 0 Å². The van der Waals surface area contributed by atoms with Gasteiger partial charge in [-0.1, -0.05) is 6.08 Å². The molecule has 6 heteroatoms. The second-order valence-electron chi connectivity index (χ2n) is 5.74. The molecule has 0 aromatic heterocycles. The highest BCUT2D eigenvalue weighted by atomic mass is 16.6. The van der Waals surface area contributed by atoms with Crippen molar-refractivity contribution in [3.8, 4) is 11.5 Å². The fraction of sp³-hybridized carbons (Fsp3) is 0.500. The van der Waals surface area contributed by atoms with E-state index in [0.29, 0.717) is 12.4 Å². The number of hydrogen-bond acceptors (Lipinski definition) is 6. The van der Waals surface area contributed by atoms with Crippen LogP contribution in [0, 0.1) is 0 Å². The van der Waals surface area contributed by atoms with Gasteiger partial charge < -0.3 is 23.7 Å². The number of benzene rings is 1. The number of rotatable bonds is 4. The van der Waals surface area contributed by atoms with Gasteiger partial charge in [-0.25, -0.2) is 4.79 Å². The van der Waals surface area contributed by atoms with Crippen LogP contribution in [0.15, 0.2) is 36.4 Å². The first-order chi connectivity index (χ1) is 11.7. The Labute approximate surface area is 141 Å². The molecule has 1 aromatic rings. The third kappa shape index (κ3) is 3.71. The van der Waals surface area contributed by atoms with E-state index >= 15 is 0 Å². The molecule has 0 bridgehead atoms. The molecule has 24 heavy (non-hydrogen) atoms. The number of esters is 1. The van der Waals surface area contributed by atoms with Crippen LogP contribution in [0.1, 0.15) is 12.8 Å². The summed E-state index contributed by atoms with van der Waals surface area (Å²) in [6, 6.07) is 7.17. The minimum Gasteiger partial charge on any atom is -0.497 e. The third-order valence-corrected chi connectivity index (χ3v) is 4.19. The molecule has 3 rings (SSSR count). The van der Waals surface area contributed by atoms with Gasteiger partial charge in [0.05, 0.1) is 20.3 Å². The molecular formula is C18H22O6. The standard InChI is InChI=1S/C18H22O6/c1-20-12-5-7-13(8-6-12)23-16-10-9-14-15(4-3-11-22-14)24-17(16)18(19)21-2/h5-10,14-17H,3-4,11H2,1-2H3/t14-,15+,16+,17+/m1/s1. The summed E-state index contributed by atoms with van der Waals surface area (Å²) in [7, 11) is 2.95. The van der Waals surface area contributed by atoms with Gasteiger partial charge in [-0.2, -0.15) is 0 Å². The lowest BCUT2D eigenvalue weighted by Crippen LogP contribution is -2.44. The molecule has 1 saturated heterocycles. The van der Waals surface area contributed by atoms with Crippen molar-refractivity contribution in [3.63, 3.8) is 0 Å². The average molecular weight is 334 g/mol. The Morgan fingerprint density at radius 2 is 1.88 bits per heavy atom. The zero-order chi connectivity index (χ0) is 16.9. The van der Waals surface area contributed by atoms with Crippen molar-refractivity contribution in [1.29, 1.82) is 0 Å². The molecule has 1 aromatic carbocycles. The molecule has 0 aliphatic carbocycles. The van der Waals surface area contributed by atoms with Crippen molar-refractivity contribution in [2.75, 3.05) is 20.8 Å². The van der Waals surface area contributed by atoms with Crippen molar-refractivity contribution in [2.45, 2.75) is 37.3 Å². The summed E-state index contributed by atoms with van der Waals surface area (Å²) in [5.41, 5.74) is 0. The van der Waals surface area contributed by atoms with E-state index in [9.17, 15) is 4.79 Å². The van der Waals surface area contributed by atoms with Crippen molar-refractivity contribution in [3.05, 3.63) is 36.4 Å². The molecule has 0 spiro atoms. The molecule has 0 unspecified atom stereocenters. The molecule has 2 heterocycles. The van der Waals surface area contributed by atoms with E-state index in [0.717, 1.165) is 18.6 Å².